The van der Waals surface area contributed by atoms with E-state index < -0.39 is 11.9 Å². The number of carbonyl (C=O) groups excluding carboxylic acids is 3. The van der Waals surface area contributed by atoms with Gasteiger partial charge in [0.15, 0.2) is 0 Å². The number of anilines is 1. The van der Waals surface area contributed by atoms with Gasteiger partial charge in [0.1, 0.15) is 11.9 Å². The van der Waals surface area contributed by atoms with E-state index in [2.05, 4.69) is 13.8 Å². The molecule has 2 aliphatic rings. The Labute approximate surface area is 188 Å². The van der Waals surface area contributed by atoms with Crippen molar-refractivity contribution in [2.75, 3.05) is 4.90 Å². The maximum atomic E-state index is 13.5. The number of benzene rings is 2. The molecule has 1 aliphatic carbocycles. The number of hydrogen-bond donors (Lipinski definition) is 0. The molecule has 0 N–H and O–H groups in total. The van der Waals surface area contributed by atoms with Crippen LogP contribution in [0, 0.1) is 5.82 Å². The van der Waals surface area contributed by atoms with E-state index in [1.165, 1.54) is 29.2 Å². The molecule has 1 atom stereocenters. The van der Waals surface area contributed by atoms with Gasteiger partial charge in [-0.3, -0.25) is 14.4 Å². The molecule has 2 aromatic carbocycles. The predicted molar refractivity (Wildman–Crippen MR) is 121 cm³/mol. The van der Waals surface area contributed by atoms with Gasteiger partial charge in [0, 0.05) is 11.6 Å². The zero-order chi connectivity index (χ0) is 22.8. The molecule has 2 fully saturated rings. The van der Waals surface area contributed by atoms with Crippen LogP contribution < -0.4 is 4.90 Å². The Morgan fingerprint density at radius 2 is 1.59 bits per heavy atom. The van der Waals surface area contributed by atoms with Gasteiger partial charge < -0.3 is 4.90 Å². The van der Waals surface area contributed by atoms with Gasteiger partial charge in [-0.15, -0.1) is 0 Å². The summed E-state index contributed by atoms with van der Waals surface area (Å²) in [7, 11) is 0. The monoisotopic (exact) mass is 436 g/mol. The Kier molecular flexibility index (Phi) is 6.40. The summed E-state index contributed by atoms with van der Waals surface area (Å²) in [4.78, 5) is 42.7. The van der Waals surface area contributed by atoms with Crippen molar-refractivity contribution in [3.63, 3.8) is 0 Å². The second-order valence-corrected chi connectivity index (χ2v) is 9.04. The molecule has 32 heavy (non-hydrogen) atoms. The second kappa shape index (κ2) is 9.23. The Balaban J connectivity index is 1.65. The zero-order valence-electron chi connectivity index (χ0n) is 18.6. The van der Waals surface area contributed by atoms with E-state index in [-0.39, 0.29) is 30.2 Å². The molecule has 1 unspecified atom stereocenters. The molecular formula is C26H29FN2O3. The SMILES string of the molecule is CC(C)c1ccc(N2C(=O)CC(N(C(=O)c3ccc(F)cc3)C3CCCCC3)C2=O)cc1. The average Bonchev–Trinajstić information content (AvgIpc) is 3.08. The first kappa shape index (κ1) is 22.2. The number of imide groups is 1. The van der Waals surface area contributed by atoms with E-state index in [1.54, 1.807) is 17.0 Å². The van der Waals surface area contributed by atoms with Crippen molar-refractivity contribution >= 4 is 23.4 Å². The fraction of sp³-hybridized carbons (Fsp3) is 0.423. The molecule has 3 amide bonds. The molecule has 0 bridgehead atoms. The molecule has 1 saturated carbocycles. The number of halogens is 1. The first-order valence-electron chi connectivity index (χ1n) is 11.4. The second-order valence-electron chi connectivity index (χ2n) is 9.04. The third kappa shape index (κ3) is 4.31. The molecule has 0 radical (unpaired) electrons. The lowest BCUT2D eigenvalue weighted by atomic mass is 9.92. The summed E-state index contributed by atoms with van der Waals surface area (Å²) >= 11 is 0. The smallest absolute Gasteiger partial charge is 0.257 e. The molecule has 2 aromatic rings. The van der Waals surface area contributed by atoms with Crippen molar-refractivity contribution in [2.45, 2.75) is 70.4 Å². The highest BCUT2D eigenvalue weighted by Crippen LogP contribution is 2.32. The predicted octanol–water partition coefficient (Wildman–Crippen LogP) is 5.06. The quantitative estimate of drug-likeness (QED) is 0.616. The van der Waals surface area contributed by atoms with Crippen LogP contribution in [0.4, 0.5) is 10.1 Å². The first-order chi connectivity index (χ1) is 15.4. The lowest BCUT2D eigenvalue weighted by molar-refractivity contribution is -0.123. The normalized spacial score (nSPS) is 19.6. The summed E-state index contributed by atoms with van der Waals surface area (Å²) in [6.07, 6.45) is 4.62. The van der Waals surface area contributed by atoms with Gasteiger partial charge in [-0.1, -0.05) is 45.2 Å². The van der Waals surface area contributed by atoms with Crippen LogP contribution in [0.15, 0.2) is 48.5 Å². The number of carbonyl (C=O) groups is 3. The molecule has 1 heterocycles. The summed E-state index contributed by atoms with van der Waals surface area (Å²) in [6, 6.07) is 11.9. The Morgan fingerprint density at radius 3 is 2.19 bits per heavy atom. The number of amides is 3. The Hall–Kier alpha value is -3.02. The lowest BCUT2D eigenvalue weighted by Crippen LogP contribution is -2.51. The van der Waals surface area contributed by atoms with Crippen LogP contribution in [0.3, 0.4) is 0 Å². The van der Waals surface area contributed by atoms with E-state index in [4.69, 9.17) is 0 Å². The Morgan fingerprint density at radius 1 is 0.969 bits per heavy atom. The van der Waals surface area contributed by atoms with Crippen LogP contribution in [0.2, 0.25) is 0 Å². The highest BCUT2D eigenvalue weighted by Gasteiger charge is 2.46. The third-order valence-electron chi connectivity index (χ3n) is 6.57. The molecule has 6 heteroatoms. The van der Waals surface area contributed by atoms with E-state index in [1.807, 2.05) is 12.1 Å². The Bertz CT molecular complexity index is 995. The molecule has 4 rings (SSSR count). The first-order valence-corrected chi connectivity index (χ1v) is 11.4. The highest BCUT2D eigenvalue weighted by molar-refractivity contribution is 6.23. The highest BCUT2D eigenvalue weighted by atomic mass is 19.1. The van der Waals surface area contributed by atoms with Crippen molar-refractivity contribution in [1.29, 1.82) is 0 Å². The van der Waals surface area contributed by atoms with Crippen molar-refractivity contribution in [1.82, 2.24) is 4.90 Å². The van der Waals surface area contributed by atoms with E-state index >= 15 is 0 Å². The molecule has 5 nitrogen and oxygen atoms in total. The fourth-order valence-corrected chi connectivity index (χ4v) is 4.78. The van der Waals surface area contributed by atoms with Crippen LogP contribution >= 0.6 is 0 Å². The van der Waals surface area contributed by atoms with Gasteiger partial charge >= 0.3 is 0 Å². The van der Waals surface area contributed by atoms with Crippen molar-refractivity contribution in [3.05, 3.63) is 65.5 Å². The van der Waals surface area contributed by atoms with Crippen LogP contribution in [0.1, 0.15) is 74.2 Å². The summed E-state index contributed by atoms with van der Waals surface area (Å²) in [6.45, 7) is 4.17. The van der Waals surface area contributed by atoms with Crippen molar-refractivity contribution in [2.24, 2.45) is 0 Å². The minimum Gasteiger partial charge on any atom is -0.323 e. The van der Waals surface area contributed by atoms with Gasteiger partial charge in [-0.2, -0.15) is 0 Å². The summed E-state index contributed by atoms with van der Waals surface area (Å²) in [5.74, 6) is -1.07. The van der Waals surface area contributed by atoms with E-state index in [9.17, 15) is 18.8 Å². The summed E-state index contributed by atoms with van der Waals surface area (Å²) < 4.78 is 13.4. The molecule has 0 aromatic heterocycles. The summed E-state index contributed by atoms with van der Waals surface area (Å²) in [5, 5.41) is 0. The number of rotatable bonds is 5. The van der Waals surface area contributed by atoms with Gasteiger partial charge in [0.05, 0.1) is 12.1 Å². The molecule has 1 aliphatic heterocycles. The van der Waals surface area contributed by atoms with Crippen molar-refractivity contribution in [3.8, 4) is 0 Å². The van der Waals surface area contributed by atoms with Gasteiger partial charge in [0.25, 0.3) is 11.8 Å². The standard InChI is InChI=1S/C26H29FN2O3/c1-17(2)18-10-14-22(15-11-18)29-24(30)16-23(26(29)32)28(21-6-4-3-5-7-21)25(31)19-8-12-20(27)13-9-19/h8-15,17,21,23H,3-7,16H2,1-2H3. The van der Waals surface area contributed by atoms with Gasteiger partial charge in [0.2, 0.25) is 5.91 Å². The molecular weight excluding hydrogens is 407 g/mol. The third-order valence-corrected chi connectivity index (χ3v) is 6.57. The van der Waals surface area contributed by atoms with Gasteiger partial charge in [-0.05, 0) is 60.7 Å². The minimum atomic E-state index is -0.840. The van der Waals surface area contributed by atoms with E-state index in [0.29, 0.717) is 17.2 Å². The zero-order valence-corrected chi connectivity index (χ0v) is 18.6. The molecule has 0 spiro atoms. The average molecular weight is 437 g/mol. The maximum Gasteiger partial charge on any atom is 0.257 e. The minimum absolute atomic E-state index is 0.0335. The summed E-state index contributed by atoms with van der Waals surface area (Å²) in [5.41, 5.74) is 1.99. The van der Waals surface area contributed by atoms with Crippen LogP contribution in [-0.2, 0) is 9.59 Å². The number of nitrogens with zero attached hydrogens (tertiary/aromatic N) is 2. The van der Waals surface area contributed by atoms with E-state index in [0.717, 1.165) is 37.7 Å². The van der Waals surface area contributed by atoms with Crippen LogP contribution in [0.25, 0.3) is 0 Å². The van der Waals surface area contributed by atoms with Gasteiger partial charge in [-0.25, -0.2) is 9.29 Å². The lowest BCUT2D eigenvalue weighted by Gasteiger charge is -2.37. The largest absolute Gasteiger partial charge is 0.323 e. The molecule has 1 saturated heterocycles. The topological polar surface area (TPSA) is 57.7 Å². The molecule has 168 valence electrons. The maximum absolute atomic E-state index is 13.5. The number of hydrogen-bond acceptors (Lipinski definition) is 3. The van der Waals surface area contributed by atoms with Crippen LogP contribution in [0.5, 0.6) is 0 Å². The fourth-order valence-electron chi connectivity index (χ4n) is 4.78. The van der Waals surface area contributed by atoms with Crippen molar-refractivity contribution < 1.29 is 18.8 Å². The van der Waals surface area contributed by atoms with Crippen LogP contribution in [-0.4, -0.2) is 34.7 Å².